The van der Waals surface area contributed by atoms with Gasteiger partial charge in [-0.1, -0.05) is 98.8 Å². The van der Waals surface area contributed by atoms with Crippen molar-refractivity contribution < 1.29 is 14.4 Å². The van der Waals surface area contributed by atoms with Crippen molar-refractivity contribution in [1.82, 2.24) is 10.2 Å². The van der Waals surface area contributed by atoms with Crippen LogP contribution in [0.3, 0.4) is 0 Å². The number of carbonyl (C=O) groups excluding carboxylic acids is 3. The number of ketones is 1. The van der Waals surface area contributed by atoms with Gasteiger partial charge in [-0.05, 0) is 54.3 Å². The maximum Gasteiger partial charge on any atom is 0.287 e. The van der Waals surface area contributed by atoms with Crippen LogP contribution in [0, 0.1) is 0 Å². The van der Waals surface area contributed by atoms with E-state index in [4.69, 9.17) is 5.73 Å². The summed E-state index contributed by atoms with van der Waals surface area (Å²) in [6, 6.07) is 23.7. The van der Waals surface area contributed by atoms with Crippen LogP contribution in [0.1, 0.15) is 59.3 Å². The van der Waals surface area contributed by atoms with Gasteiger partial charge < -0.3 is 11.1 Å². The molecule has 0 aliphatic heterocycles. The number of hydrogen-bond acceptors (Lipinski definition) is 4. The van der Waals surface area contributed by atoms with Crippen molar-refractivity contribution in [2.75, 3.05) is 13.1 Å². The van der Waals surface area contributed by atoms with Crippen LogP contribution in [-0.4, -0.2) is 41.6 Å². The fourth-order valence-corrected chi connectivity index (χ4v) is 4.40. The zero-order valence-electron chi connectivity index (χ0n) is 22.2. The molecule has 6 nitrogen and oxygen atoms in total. The van der Waals surface area contributed by atoms with E-state index in [2.05, 4.69) is 48.3 Å². The highest BCUT2D eigenvalue weighted by atomic mass is 16.2. The Morgan fingerprint density at radius 3 is 2.08 bits per heavy atom. The van der Waals surface area contributed by atoms with E-state index >= 15 is 0 Å². The summed E-state index contributed by atoms with van der Waals surface area (Å²) in [5.74, 6) is -2.34. The van der Waals surface area contributed by atoms with E-state index in [1.165, 1.54) is 5.56 Å². The van der Waals surface area contributed by atoms with Crippen molar-refractivity contribution in [2.45, 2.75) is 45.7 Å². The molecule has 0 heterocycles. The van der Waals surface area contributed by atoms with Gasteiger partial charge in [0.05, 0.1) is 0 Å². The van der Waals surface area contributed by atoms with Crippen LogP contribution in [0.4, 0.5) is 0 Å². The van der Waals surface area contributed by atoms with Crippen molar-refractivity contribution >= 4 is 29.7 Å². The van der Waals surface area contributed by atoms with Crippen LogP contribution >= 0.6 is 0 Å². The van der Waals surface area contributed by atoms with Gasteiger partial charge in [-0.2, -0.15) is 0 Å². The summed E-state index contributed by atoms with van der Waals surface area (Å²) in [6.07, 6.45) is 6.29. The third kappa shape index (κ3) is 8.53. The SMILES string of the molecule is CCCN(CCC)Cc1ccc(C=Cc2ccccc2C(=O)NC(Cc2ccccc2)C(=O)C(N)=O)cc1. The molecule has 0 saturated carbocycles. The number of nitrogens with one attached hydrogen (secondary N) is 1. The lowest BCUT2D eigenvalue weighted by molar-refractivity contribution is -0.137. The van der Waals surface area contributed by atoms with Crippen LogP contribution in [0.5, 0.6) is 0 Å². The number of rotatable bonds is 14. The van der Waals surface area contributed by atoms with Crippen LogP contribution in [-0.2, 0) is 22.6 Å². The molecule has 0 fully saturated rings. The van der Waals surface area contributed by atoms with Gasteiger partial charge in [0.15, 0.2) is 0 Å². The van der Waals surface area contributed by atoms with Crippen molar-refractivity contribution in [3.05, 3.63) is 107 Å². The lowest BCUT2D eigenvalue weighted by atomic mass is 10.00. The molecule has 38 heavy (non-hydrogen) atoms. The highest BCUT2D eigenvalue weighted by Crippen LogP contribution is 2.16. The van der Waals surface area contributed by atoms with E-state index in [0.29, 0.717) is 11.1 Å². The first-order chi connectivity index (χ1) is 18.4. The fraction of sp³-hybridized carbons (Fsp3) is 0.281. The smallest absolute Gasteiger partial charge is 0.287 e. The van der Waals surface area contributed by atoms with Crippen molar-refractivity contribution in [3.8, 4) is 0 Å². The van der Waals surface area contributed by atoms with E-state index in [-0.39, 0.29) is 6.42 Å². The molecule has 3 N–H and O–H groups in total. The third-order valence-corrected chi connectivity index (χ3v) is 6.27. The molecule has 2 amide bonds. The highest BCUT2D eigenvalue weighted by molar-refractivity contribution is 6.38. The largest absolute Gasteiger partial charge is 0.363 e. The van der Waals surface area contributed by atoms with E-state index in [1.807, 2.05) is 54.6 Å². The number of amides is 2. The first kappa shape index (κ1) is 28.5. The molecule has 0 bridgehead atoms. The number of nitrogens with two attached hydrogens (primary N) is 1. The molecule has 1 unspecified atom stereocenters. The number of primary amides is 1. The van der Waals surface area contributed by atoms with Crippen LogP contribution < -0.4 is 11.1 Å². The summed E-state index contributed by atoms with van der Waals surface area (Å²) < 4.78 is 0. The molecule has 3 aromatic rings. The monoisotopic (exact) mass is 511 g/mol. The van der Waals surface area contributed by atoms with E-state index in [0.717, 1.165) is 43.6 Å². The van der Waals surface area contributed by atoms with Gasteiger partial charge in [0.25, 0.3) is 11.8 Å². The molecule has 0 radical (unpaired) electrons. The van der Waals surface area contributed by atoms with Gasteiger partial charge >= 0.3 is 0 Å². The molecule has 0 saturated heterocycles. The van der Waals surface area contributed by atoms with Gasteiger partial charge in [-0.25, -0.2) is 0 Å². The molecule has 3 aromatic carbocycles. The Labute approximate surface area is 225 Å². The van der Waals surface area contributed by atoms with Crippen LogP contribution in [0.15, 0.2) is 78.9 Å². The molecule has 0 aliphatic rings. The summed E-state index contributed by atoms with van der Waals surface area (Å²) in [6.45, 7) is 7.52. The summed E-state index contributed by atoms with van der Waals surface area (Å²) in [4.78, 5) is 39.8. The Hall–Kier alpha value is -4.03. The highest BCUT2D eigenvalue weighted by Gasteiger charge is 2.26. The molecule has 0 aliphatic carbocycles. The van der Waals surface area contributed by atoms with Crippen LogP contribution in [0.2, 0.25) is 0 Å². The maximum atomic E-state index is 13.2. The summed E-state index contributed by atoms with van der Waals surface area (Å²) in [5, 5.41) is 2.72. The van der Waals surface area contributed by atoms with Gasteiger partial charge in [-0.15, -0.1) is 0 Å². The Morgan fingerprint density at radius 1 is 0.816 bits per heavy atom. The van der Waals surface area contributed by atoms with E-state index in [9.17, 15) is 14.4 Å². The minimum Gasteiger partial charge on any atom is -0.363 e. The first-order valence-electron chi connectivity index (χ1n) is 13.2. The second-order valence-electron chi connectivity index (χ2n) is 9.38. The number of Topliss-reactive ketones (excluding diaryl/α,β-unsaturated/α-hetero) is 1. The first-order valence-corrected chi connectivity index (χ1v) is 13.2. The number of benzene rings is 3. The van der Waals surface area contributed by atoms with Gasteiger partial charge in [-0.3, -0.25) is 19.3 Å². The Balaban J connectivity index is 1.73. The minimum absolute atomic E-state index is 0.173. The fourth-order valence-electron chi connectivity index (χ4n) is 4.40. The zero-order valence-corrected chi connectivity index (χ0v) is 22.2. The average Bonchev–Trinajstić information content (AvgIpc) is 2.93. The molecular formula is C32H37N3O3. The molecule has 6 heteroatoms. The predicted octanol–water partition coefficient (Wildman–Crippen LogP) is 4.87. The van der Waals surface area contributed by atoms with Crippen molar-refractivity contribution in [3.63, 3.8) is 0 Å². The molecule has 0 aromatic heterocycles. The van der Waals surface area contributed by atoms with Gasteiger partial charge in [0.2, 0.25) is 5.78 Å². The normalized spacial score (nSPS) is 12.0. The van der Waals surface area contributed by atoms with E-state index < -0.39 is 23.6 Å². The second kappa shape index (κ2) is 14.6. The molecule has 1 atom stereocenters. The second-order valence-corrected chi connectivity index (χ2v) is 9.38. The minimum atomic E-state index is -1.07. The van der Waals surface area contributed by atoms with Gasteiger partial charge in [0.1, 0.15) is 6.04 Å². The quantitative estimate of drug-likeness (QED) is 0.238. The van der Waals surface area contributed by atoms with Crippen LogP contribution in [0.25, 0.3) is 12.2 Å². The number of hydrogen-bond donors (Lipinski definition) is 2. The number of carbonyl (C=O) groups is 3. The third-order valence-electron chi connectivity index (χ3n) is 6.27. The van der Waals surface area contributed by atoms with Crippen molar-refractivity contribution in [1.29, 1.82) is 0 Å². The molecule has 198 valence electrons. The summed E-state index contributed by atoms with van der Waals surface area (Å²) in [5.41, 5.74) is 9.48. The zero-order chi connectivity index (χ0) is 27.3. The predicted molar refractivity (Wildman–Crippen MR) is 153 cm³/mol. The standard InChI is InChI=1S/C32H37N3O3/c1-3-20-35(21-4-2)23-26-16-14-24(15-17-26)18-19-27-12-8-9-13-28(27)32(38)34-29(30(36)31(33)37)22-25-10-6-5-7-11-25/h5-19,29H,3-4,20-23H2,1-2H3,(H2,33,37)(H,34,38). The Kier molecular flexibility index (Phi) is 11.0. The molecular weight excluding hydrogens is 474 g/mol. The maximum absolute atomic E-state index is 13.2. The summed E-state index contributed by atoms with van der Waals surface area (Å²) >= 11 is 0. The van der Waals surface area contributed by atoms with E-state index in [1.54, 1.807) is 12.1 Å². The Morgan fingerprint density at radius 2 is 1.45 bits per heavy atom. The average molecular weight is 512 g/mol. The Bertz CT molecular complexity index is 1230. The topological polar surface area (TPSA) is 92.5 Å². The lowest BCUT2D eigenvalue weighted by Gasteiger charge is -2.21. The van der Waals surface area contributed by atoms with Crippen molar-refractivity contribution in [2.24, 2.45) is 5.73 Å². The van der Waals surface area contributed by atoms with Gasteiger partial charge in [0, 0.05) is 18.5 Å². The lowest BCUT2D eigenvalue weighted by Crippen LogP contribution is -2.47. The molecule has 3 rings (SSSR count). The number of nitrogens with zero attached hydrogens (tertiary/aromatic N) is 1. The molecule has 0 spiro atoms. The summed E-state index contributed by atoms with van der Waals surface area (Å²) in [7, 11) is 0.